The van der Waals surface area contributed by atoms with E-state index < -0.39 is 5.97 Å². The van der Waals surface area contributed by atoms with Crippen LogP contribution in [0.15, 0.2) is 29.0 Å². The van der Waals surface area contributed by atoms with Crippen molar-refractivity contribution in [3.8, 4) is 11.5 Å². The van der Waals surface area contributed by atoms with Crippen molar-refractivity contribution in [3.63, 3.8) is 0 Å². The second-order valence-electron chi connectivity index (χ2n) is 5.24. The minimum atomic E-state index is -1.11. The third kappa shape index (κ3) is 3.43. The molecule has 3 heterocycles. The van der Waals surface area contributed by atoms with Gasteiger partial charge in [-0.05, 0) is 30.9 Å². The Kier molecular flexibility index (Phi) is 4.34. The molecule has 0 aliphatic carbocycles. The summed E-state index contributed by atoms with van der Waals surface area (Å²) in [5.74, 6) is 0.348. The van der Waals surface area contributed by atoms with Crippen molar-refractivity contribution in [2.75, 3.05) is 25.1 Å². The number of hydrogen-bond donors (Lipinski definition) is 2. The van der Waals surface area contributed by atoms with Crippen LogP contribution in [0.5, 0.6) is 0 Å². The Morgan fingerprint density at radius 2 is 2.41 bits per heavy atom. The number of carboxylic acids is 1. The van der Waals surface area contributed by atoms with Gasteiger partial charge in [0.2, 0.25) is 5.89 Å². The Morgan fingerprint density at radius 3 is 3.14 bits per heavy atom. The molecule has 1 saturated heterocycles. The first-order valence-corrected chi connectivity index (χ1v) is 7.19. The highest BCUT2D eigenvalue weighted by Crippen LogP contribution is 2.21. The fourth-order valence-corrected chi connectivity index (χ4v) is 2.38. The standard InChI is InChI=1S/C15H17N3O4/c19-15(20)12-9-22-14(18-12)11-3-4-16-13(6-11)17-7-10-2-1-5-21-8-10/h3-4,6,9-10H,1-2,5,7-8H2,(H,16,17)(H,19,20). The van der Waals surface area contributed by atoms with E-state index in [0.717, 1.165) is 38.9 Å². The molecule has 1 aliphatic rings. The van der Waals surface area contributed by atoms with Crippen molar-refractivity contribution in [1.82, 2.24) is 9.97 Å². The van der Waals surface area contributed by atoms with E-state index in [4.69, 9.17) is 14.3 Å². The van der Waals surface area contributed by atoms with Crippen molar-refractivity contribution in [2.24, 2.45) is 5.92 Å². The molecule has 7 heteroatoms. The fourth-order valence-electron chi connectivity index (χ4n) is 2.38. The lowest BCUT2D eigenvalue weighted by atomic mass is 10.0. The van der Waals surface area contributed by atoms with Gasteiger partial charge in [0.15, 0.2) is 5.69 Å². The zero-order valence-corrected chi connectivity index (χ0v) is 12.0. The van der Waals surface area contributed by atoms with E-state index in [1.165, 1.54) is 0 Å². The molecule has 7 nitrogen and oxygen atoms in total. The van der Waals surface area contributed by atoms with Crippen molar-refractivity contribution < 1.29 is 19.1 Å². The molecular formula is C15H17N3O4. The summed E-state index contributed by atoms with van der Waals surface area (Å²) < 4.78 is 10.6. The Bertz CT molecular complexity index is 650. The summed E-state index contributed by atoms with van der Waals surface area (Å²) in [6.07, 6.45) is 5.01. The van der Waals surface area contributed by atoms with Crippen LogP contribution in [0.25, 0.3) is 11.5 Å². The average Bonchev–Trinajstić information content (AvgIpc) is 3.05. The lowest BCUT2D eigenvalue weighted by molar-refractivity contribution is 0.0595. The van der Waals surface area contributed by atoms with Gasteiger partial charge in [-0.3, -0.25) is 0 Å². The number of nitrogens with one attached hydrogen (secondary N) is 1. The van der Waals surface area contributed by atoms with E-state index in [1.54, 1.807) is 18.3 Å². The molecule has 0 saturated carbocycles. The minimum Gasteiger partial charge on any atom is -0.476 e. The first-order valence-electron chi connectivity index (χ1n) is 7.19. The number of oxazole rings is 1. The topological polar surface area (TPSA) is 97.5 Å². The monoisotopic (exact) mass is 303 g/mol. The van der Waals surface area contributed by atoms with Gasteiger partial charge in [0.05, 0.1) is 6.61 Å². The Balaban J connectivity index is 1.67. The maximum Gasteiger partial charge on any atom is 0.357 e. The number of anilines is 1. The highest BCUT2D eigenvalue weighted by Gasteiger charge is 2.15. The maximum atomic E-state index is 10.8. The van der Waals surface area contributed by atoms with Gasteiger partial charge in [-0.15, -0.1) is 0 Å². The van der Waals surface area contributed by atoms with Gasteiger partial charge in [0.1, 0.15) is 12.1 Å². The fraction of sp³-hybridized carbons (Fsp3) is 0.400. The normalized spacial score (nSPS) is 18.1. The number of nitrogens with zero attached hydrogens (tertiary/aromatic N) is 2. The minimum absolute atomic E-state index is 0.110. The lowest BCUT2D eigenvalue weighted by Gasteiger charge is -2.22. The summed E-state index contributed by atoms with van der Waals surface area (Å²) in [7, 11) is 0. The number of ether oxygens (including phenoxy) is 1. The SMILES string of the molecule is O=C(O)c1coc(-c2ccnc(NCC3CCCOC3)c2)n1. The van der Waals surface area contributed by atoms with E-state index >= 15 is 0 Å². The predicted octanol–water partition coefficient (Wildman–Crippen LogP) is 2.27. The van der Waals surface area contributed by atoms with E-state index in [1.807, 2.05) is 0 Å². The second-order valence-corrected chi connectivity index (χ2v) is 5.24. The third-order valence-corrected chi connectivity index (χ3v) is 3.56. The molecule has 116 valence electrons. The van der Waals surface area contributed by atoms with Crippen LogP contribution in [0.3, 0.4) is 0 Å². The number of pyridine rings is 1. The molecule has 2 aromatic heterocycles. The van der Waals surface area contributed by atoms with Crippen LogP contribution in [0.4, 0.5) is 5.82 Å². The molecule has 0 bridgehead atoms. The van der Waals surface area contributed by atoms with Gasteiger partial charge in [0.25, 0.3) is 0 Å². The first-order chi connectivity index (χ1) is 10.7. The zero-order chi connectivity index (χ0) is 15.4. The highest BCUT2D eigenvalue weighted by atomic mass is 16.5. The van der Waals surface area contributed by atoms with Gasteiger partial charge < -0.3 is 19.6 Å². The van der Waals surface area contributed by atoms with Crippen molar-refractivity contribution in [2.45, 2.75) is 12.8 Å². The number of rotatable bonds is 5. The van der Waals surface area contributed by atoms with Crippen molar-refractivity contribution in [1.29, 1.82) is 0 Å². The molecule has 2 aromatic rings. The summed E-state index contributed by atoms with van der Waals surface area (Å²) in [6, 6.07) is 3.52. The third-order valence-electron chi connectivity index (χ3n) is 3.56. The Hall–Kier alpha value is -2.41. The summed E-state index contributed by atoms with van der Waals surface area (Å²) in [4.78, 5) is 19.0. The molecule has 3 rings (SSSR count). The van der Waals surface area contributed by atoms with E-state index in [9.17, 15) is 4.79 Å². The predicted molar refractivity (Wildman–Crippen MR) is 78.7 cm³/mol. The number of carboxylic acid groups (broad SMARTS) is 1. The van der Waals surface area contributed by atoms with Crippen LogP contribution in [-0.4, -0.2) is 40.8 Å². The van der Waals surface area contributed by atoms with Gasteiger partial charge in [-0.1, -0.05) is 0 Å². The second kappa shape index (κ2) is 6.57. The van der Waals surface area contributed by atoms with Crippen molar-refractivity contribution >= 4 is 11.8 Å². The molecule has 0 aromatic carbocycles. The van der Waals surface area contributed by atoms with Crippen LogP contribution in [0, 0.1) is 5.92 Å². The largest absolute Gasteiger partial charge is 0.476 e. The Morgan fingerprint density at radius 1 is 1.50 bits per heavy atom. The molecule has 1 unspecified atom stereocenters. The quantitative estimate of drug-likeness (QED) is 0.874. The number of hydrogen-bond acceptors (Lipinski definition) is 6. The molecule has 1 fully saturated rings. The zero-order valence-electron chi connectivity index (χ0n) is 12.0. The van der Waals surface area contributed by atoms with Crippen LogP contribution in [-0.2, 0) is 4.74 Å². The van der Waals surface area contributed by atoms with Crippen LogP contribution in [0.2, 0.25) is 0 Å². The van der Waals surface area contributed by atoms with E-state index in [2.05, 4.69) is 15.3 Å². The van der Waals surface area contributed by atoms with Crippen LogP contribution in [0.1, 0.15) is 23.3 Å². The molecule has 1 aliphatic heterocycles. The van der Waals surface area contributed by atoms with Gasteiger partial charge in [0, 0.05) is 24.9 Å². The molecular weight excluding hydrogens is 286 g/mol. The number of aromatic carboxylic acids is 1. The smallest absolute Gasteiger partial charge is 0.357 e. The molecule has 2 N–H and O–H groups in total. The number of aromatic nitrogens is 2. The molecule has 0 amide bonds. The van der Waals surface area contributed by atoms with Crippen molar-refractivity contribution in [3.05, 3.63) is 30.3 Å². The van der Waals surface area contributed by atoms with Crippen LogP contribution < -0.4 is 5.32 Å². The molecule has 0 radical (unpaired) electrons. The summed E-state index contributed by atoms with van der Waals surface area (Å²) >= 11 is 0. The first kappa shape index (κ1) is 14.5. The molecule has 1 atom stereocenters. The van der Waals surface area contributed by atoms with E-state index in [-0.39, 0.29) is 11.6 Å². The van der Waals surface area contributed by atoms with Gasteiger partial charge >= 0.3 is 5.97 Å². The molecule has 22 heavy (non-hydrogen) atoms. The summed E-state index contributed by atoms with van der Waals surface area (Å²) in [5, 5.41) is 12.1. The number of carbonyl (C=O) groups is 1. The van der Waals surface area contributed by atoms with Crippen LogP contribution >= 0.6 is 0 Å². The summed E-state index contributed by atoms with van der Waals surface area (Å²) in [5.41, 5.74) is 0.575. The Labute approximate surface area is 127 Å². The van der Waals surface area contributed by atoms with Gasteiger partial charge in [-0.25, -0.2) is 14.8 Å². The summed E-state index contributed by atoms with van der Waals surface area (Å²) in [6.45, 7) is 2.41. The maximum absolute atomic E-state index is 10.8. The lowest BCUT2D eigenvalue weighted by Crippen LogP contribution is -2.24. The van der Waals surface area contributed by atoms with E-state index in [0.29, 0.717) is 17.3 Å². The molecule has 0 spiro atoms. The average molecular weight is 303 g/mol. The highest BCUT2D eigenvalue weighted by molar-refractivity contribution is 5.85. The van der Waals surface area contributed by atoms with Gasteiger partial charge in [-0.2, -0.15) is 0 Å².